The molecule has 2 rings (SSSR count). The zero-order valence-corrected chi connectivity index (χ0v) is 10.5. The maximum absolute atomic E-state index is 12.2. The van der Waals surface area contributed by atoms with Gasteiger partial charge in [-0.25, -0.2) is 8.42 Å². The van der Waals surface area contributed by atoms with Crippen LogP contribution in [0.25, 0.3) is 0 Å². The van der Waals surface area contributed by atoms with Gasteiger partial charge in [0, 0.05) is 5.75 Å². The van der Waals surface area contributed by atoms with Crippen LogP contribution in [-0.2, 0) is 14.8 Å². The lowest BCUT2D eigenvalue weighted by Gasteiger charge is -2.23. The Bertz CT molecular complexity index is 375. The molecule has 7 heteroatoms. The predicted octanol–water partition coefficient (Wildman–Crippen LogP) is 0.718. The summed E-state index contributed by atoms with van der Waals surface area (Å²) in [6.45, 7) is 0. The third kappa shape index (κ3) is 2.08. The largest absolute Gasteiger partial charge is 0.480 e. The quantitative estimate of drug-likeness (QED) is 0.813. The van der Waals surface area contributed by atoms with Gasteiger partial charge in [-0.1, -0.05) is 12.8 Å². The van der Waals surface area contributed by atoms with Gasteiger partial charge in [0.15, 0.2) is 0 Å². The zero-order chi connectivity index (χ0) is 11.8. The van der Waals surface area contributed by atoms with Crippen LogP contribution < -0.4 is 0 Å². The Morgan fingerprint density at radius 3 is 2.50 bits per heavy atom. The molecule has 0 aromatic rings. The maximum atomic E-state index is 12.2. The summed E-state index contributed by atoms with van der Waals surface area (Å²) in [4.78, 5) is 11.0. The zero-order valence-electron chi connectivity index (χ0n) is 8.83. The minimum absolute atomic E-state index is 0.288. The van der Waals surface area contributed by atoms with Gasteiger partial charge in [0.05, 0.1) is 11.1 Å². The van der Waals surface area contributed by atoms with Gasteiger partial charge in [-0.3, -0.25) is 4.79 Å². The van der Waals surface area contributed by atoms with Crippen LogP contribution in [0.3, 0.4) is 0 Å². The van der Waals surface area contributed by atoms with Gasteiger partial charge >= 0.3 is 5.97 Å². The van der Waals surface area contributed by atoms with E-state index in [0.29, 0.717) is 18.6 Å². The summed E-state index contributed by atoms with van der Waals surface area (Å²) in [6, 6.07) is -0.865. The number of nitrogens with zero attached hydrogens (tertiary/aromatic N) is 1. The molecule has 5 nitrogen and oxygen atoms in total. The van der Waals surface area contributed by atoms with Gasteiger partial charge in [-0.05, 0) is 12.8 Å². The van der Waals surface area contributed by atoms with Crippen molar-refractivity contribution in [3.05, 3.63) is 0 Å². The van der Waals surface area contributed by atoms with Crippen molar-refractivity contribution in [1.29, 1.82) is 0 Å². The molecule has 1 heterocycles. The van der Waals surface area contributed by atoms with E-state index in [9.17, 15) is 13.2 Å². The minimum atomic E-state index is -3.40. The second-order valence-electron chi connectivity index (χ2n) is 4.19. The summed E-state index contributed by atoms with van der Waals surface area (Å²) in [5.41, 5.74) is 0. The molecular formula is C9H15NO4S2. The van der Waals surface area contributed by atoms with E-state index in [1.807, 2.05) is 0 Å². The number of carboxylic acids is 1. The van der Waals surface area contributed by atoms with Gasteiger partial charge in [0.25, 0.3) is 0 Å². The first kappa shape index (κ1) is 12.2. The summed E-state index contributed by atoms with van der Waals surface area (Å²) in [6.07, 6.45) is 3.22. The van der Waals surface area contributed by atoms with Crippen molar-refractivity contribution < 1.29 is 18.3 Å². The van der Waals surface area contributed by atoms with Gasteiger partial charge in [0.1, 0.15) is 6.04 Å². The van der Waals surface area contributed by atoms with E-state index >= 15 is 0 Å². The molecule has 92 valence electrons. The van der Waals surface area contributed by atoms with Crippen molar-refractivity contribution in [1.82, 2.24) is 4.31 Å². The molecule has 0 aromatic heterocycles. The Morgan fingerprint density at radius 1 is 1.31 bits per heavy atom. The molecule has 0 radical (unpaired) electrons. The molecule has 1 atom stereocenters. The molecule has 0 unspecified atom stereocenters. The average Bonchev–Trinajstić information content (AvgIpc) is 2.89. The molecule has 1 saturated heterocycles. The van der Waals surface area contributed by atoms with Crippen LogP contribution in [0.5, 0.6) is 0 Å². The molecule has 0 amide bonds. The predicted molar refractivity (Wildman–Crippen MR) is 61.8 cm³/mol. The number of carboxylic acid groups (broad SMARTS) is 1. The normalized spacial score (nSPS) is 28.6. The molecule has 0 bridgehead atoms. The topological polar surface area (TPSA) is 74.7 Å². The first-order valence-corrected chi connectivity index (χ1v) is 8.00. The smallest absolute Gasteiger partial charge is 0.322 e. The monoisotopic (exact) mass is 265 g/mol. The highest BCUT2D eigenvalue weighted by atomic mass is 32.2. The number of hydrogen-bond acceptors (Lipinski definition) is 4. The fourth-order valence-corrected chi connectivity index (χ4v) is 6.00. The lowest BCUT2D eigenvalue weighted by atomic mass is 10.3. The number of hydrogen-bond donors (Lipinski definition) is 1. The standard InChI is InChI=1S/C9H15NO4S2/c11-9(12)8-5-15-6-10(8)16(13,14)7-3-1-2-4-7/h7-8H,1-6H2,(H,11,12)/t8-/m0/s1. The molecule has 1 aliphatic heterocycles. The Hall–Kier alpha value is -0.270. The van der Waals surface area contributed by atoms with Crippen molar-refractivity contribution in [3.63, 3.8) is 0 Å². The lowest BCUT2D eigenvalue weighted by molar-refractivity contribution is -0.140. The summed E-state index contributed by atoms with van der Waals surface area (Å²) < 4.78 is 25.6. The van der Waals surface area contributed by atoms with E-state index in [2.05, 4.69) is 0 Å². The first-order valence-electron chi connectivity index (χ1n) is 5.34. The molecule has 0 aromatic carbocycles. The second-order valence-corrected chi connectivity index (χ2v) is 7.36. The van der Waals surface area contributed by atoms with Crippen molar-refractivity contribution in [2.24, 2.45) is 0 Å². The molecule has 2 fully saturated rings. The lowest BCUT2D eigenvalue weighted by Crippen LogP contribution is -2.45. The Kier molecular flexibility index (Phi) is 3.46. The number of sulfonamides is 1. The Balaban J connectivity index is 2.19. The Morgan fingerprint density at radius 2 is 1.94 bits per heavy atom. The van der Waals surface area contributed by atoms with E-state index in [4.69, 9.17) is 5.11 Å². The third-order valence-corrected chi connectivity index (χ3v) is 6.70. The van der Waals surface area contributed by atoms with Crippen LogP contribution in [0.1, 0.15) is 25.7 Å². The van der Waals surface area contributed by atoms with Gasteiger partial charge < -0.3 is 5.11 Å². The van der Waals surface area contributed by atoms with Crippen molar-refractivity contribution in [2.75, 3.05) is 11.6 Å². The summed E-state index contributed by atoms with van der Waals surface area (Å²) in [5.74, 6) is -0.386. The highest BCUT2D eigenvalue weighted by Crippen LogP contribution is 2.32. The fourth-order valence-electron chi connectivity index (χ4n) is 2.25. The molecule has 0 spiro atoms. The number of carbonyl (C=O) groups is 1. The van der Waals surface area contributed by atoms with E-state index in [0.717, 1.165) is 12.8 Å². The van der Waals surface area contributed by atoms with Crippen LogP contribution in [0.15, 0.2) is 0 Å². The Labute approximate surface area is 99.2 Å². The van der Waals surface area contributed by atoms with Crippen molar-refractivity contribution >= 4 is 27.8 Å². The summed E-state index contributed by atoms with van der Waals surface area (Å²) in [5, 5.41) is 8.62. The van der Waals surface area contributed by atoms with Crippen molar-refractivity contribution in [2.45, 2.75) is 37.0 Å². The van der Waals surface area contributed by atoms with E-state index in [1.54, 1.807) is 0 Å². The van der Waals surface area contributed by atoms with Gasteiger partial charge in [-0.15, -0.1) is 11.8 Å². The SMILES string of the molecule is O=C(O)[C@@H]1CSCN1S(=O)(=O)C1CCCC1. The van der Waals surface area contributed by atoms with E-state index in [-0.39, 0.29) is 11.1 Å². The molecule has 1 aliphatic carbocycles. The van der Waals surface area contributed by atoms with E-state index < -0.39 is 22.0 Å². The summed E-state index contributed by atoms with van der Waals surface area (Å²) >= 11 is 1.37. The molecule has 1 N–H and O–H groups in total. The minimum Gasteiger partial charge on any atom is -0.480 e. The van der Waals surface area contributed by atoms with E-state index in [1.165, 1.54) is 16.1 Å². The molecule has 1 saturated carbocycles. The molecular weight excluding hydrogens is 250 g/mol. The van der Waals surface area contributed by atoms with Crippen LogP contribution in [0.2, 0.25) is 0 Å². The van der Waals surface area contributed by atoms with Crippen LogP contribution >= 0.6 is 11.8 Å². The van der Waals surface area contributed by atoms with Gasteiger partial charge in [-0.2, -0.15) is 4.31 Å². The third-order valence-electron chi connectivity index (χ3n) is 3.18. The highest BCUT2D eigenvalue weighted by Gasteiger charge is 2.43. The summed E-state index contributed by atoms with van der Waals surface area (Å²) in [7, 11) is -3.40. The first-order chi connectivity index (χ1) is 7.53. The average molecular weight is 265 g/mol. The van der Waals surface area contributed by atoms with Crippen LogP contribution in [0.4, 0.5) is 0 Å². The fraction of sp³-hybridized carbons (Fsp3) is 0.889. The number of thioether (sulfide) groups is 1. The molecule has 16 heavy (non-hydrogen) atoms. The maximum Gasteiger partial charge on any atom is 0.322 e. The van der Waals surface area contributed by atoms with Gasteiger partial charge in [0.2, 0.25) is 10.0 Å². The number of aliphatic carboxylic acids is 1. The van der Waals surface area contributed by atoms with Crippen molar-refractivity contribution in [3.8, 4) is 0 Å². The van der Waals surface area contributed by atoms with Crippen LogP contribution in [-0.4, -0.2) is 46.7 Å². The van der Waals surface area contributed by atoms with Crippen LogP contribution in [0, 0.1) is 0 Å². The molecule has 2 aliphatic rings. The highest BCUT2D eigenvalue weighted by molar-refractivity contribution is 8.00. The number of rotatable bonds is 3. The second kappa shape index (κ2) is 4.54.